The number of pyridine rings is 1. The Hall–Kier alpha value is -1.09. The molecule has 0 aromatic carbocycles. The molecule has 1 aliphatic carbocycles. The van der Waals surface area contributed by atoms with Gasteiger partial charge in [-0.1, -0.05) is 13.8 Å². The van der Waals surface area contributed by atoms with Crippen LogP contribution in [0.15, 0.2) is 18.5 Å². The highest BCUT2D eigenvalue weighted by atomic mass is 15.1. The molecule has 0 amide bonds. The summed E-state index contributed by atoms with van der Waals surface area (Å²) in [5.41, 5.74) is 2.67. The number of nitrogens with one attached hydrogen (secondary N) is 1. The van der Waals surface area contributed by atoms with E-state index in [4.69, 9.17) is 0 Å². The Bertz CT molecular complexity index is 397. The van der Waals surface area contributed by atoms with Gasteiger partial charge in [-0.05, 0) is 56.2 Å². The van der Waals surface area contributed by atoms with E-state index in [0.29, 0.717) is 6.04 Å². The topological polar surface area (TPSA) is 28.2 Å². The zero-order valence-corrected chi connectivity index (χ0v) is 13.2. The lowest BCUT2D eigenvalue weighted by atomic mass is 9.86. The van der Waals surface area contributed by atoms with Crippen molar-refractivity contribution in [2.24, 2.45) is 5.92 Å². The second-order valence-corrected chi connectivity index (χ2v) is 6.21. The average Bonchev–Trinajstić information content (AvgIpc) is 2.48. The smallest absolute Gasteiger partial charge is 0.0598 e. The highest BCUT2D eigenvalue weighted by Gasteiger charge is 2.23. The number of rotatable bonds is 6. The van der Waals surface area contributed by atoms with E-state index in [1.54, 1.807) is 0 Å². The molecule has 0 bridgehead atoms. The minimum Gasteiger partial charge on any atom is -0.370 e. The van der Waals surface area contributed by atoms with Crippen LogP contribution in [0.5, 0.6) is 0 Å². The summed E-state index contributed by atoms with van der Waals surface area (Å²) in [4.78, 5) is 6.80. The van der Waals surface area contributed by atoms with Crippen LogP contribution in [0.1, 0.15) is 51.5 Å². The lowest BCUT2D eigenvalue weighted by molar-refractivity contribution is 0.340. The predicted octanol–water partition coefficient (Wildman–Crippen LogP) is 3.60. The van der Waals surface area contributed by atoms with Crippen LogP contribution in [-0.2, 0) is 6.54 Å². The highest BCUT2D eigenvalue weighted by molar-refractivity contribution is 5.51. The molecule has 0 atom stereocenters. The van der Waals surface area contributed by atoms with Crippen LogP contribution in [0.25, 0.3) is 0 Å². The number of anilines is 1. The predicted molar refractivity (Wildman–Crippen MR) is 86.1 cm³/mol. The van der Waals surface area contributed by atoms with Crippen molar-refractivity contribution in [2.45, 2.75) is 58.5 Å². The van der Waals surface area contributed by atoms with Crippen molar-refractivity contribution in [3.8, 4) is 0 Å². The molecule has 1 saturated carbocycles. The summed E-state index contributed by atoms with van der Waals surface area (Å²) >= 11 is 0. The second kappa shape index (κ2) is 7.63. The van der Waals surface area contributed by atoms with Gasteiger partial charge in [-0.3, -0.25) is 4.98 Å². The minimum atomic E-state index is 0.681. The first-order valence-corrected chi connectivity index (χ1v) is 8.08. The molecule has 1 aliphatic rings. The normalized spacial score (nSPS) is 22.8. The van der Waals surface area contributed by atoms with Crippen molar-refractivity contribution in [3.63, 3.8) is 0 Å². The molecule has 112 valence electrons. The van der Waals surface area contributed by atoms with Crippen LogP contribution in [0, 0.1) is 5.92 Å². The number of hydrogen-bond acceptors (Lipinski definition) is 3. The van der Waals surface area contributed by atoms with Gasteiger partial charge < -0.3 is 10.2 Å². The second-order valence-electron chi connectivity index (χ2n) is 6.21. The van der Waals surface area contributed by atoms with Gasteiger partial charge in [0.05, 0.1) is 11.9 Å². The van der Waals surface area contributed by atoms with Crippen LogP contribution in [0.3, 0.4) is 0 Å². The Morgan fingerprint density at radius 1 is 1.30 bits per heavy atom. The largest absolute Gasteiger partial charge is 0.370 e. The molecule has 3 heteroatoms. The van der Waals surface area contributed by atoms with Gasteiger partial charge >= 0.3 is 0 Å². The Morgan fingerprint density at radius 3 is 2.75 bits per heavy atom. The first-order chi connectivity index (χ1) is 9.72. The average molecular weight is 275 g/mol. The molecule has 20 heavy (non-hydrogen) atoms. The van der Waals surface area contributed by atoms with Crippen LogP contribution in [0.4, 0.5) is 5.69 Å². The summed E-state index contributed by atoms with van der Waals surface area (Å²) in [5, 5.41) is 3.50. The zero-order valence-electron chi connectivity index (χ0n) is 13.2. The third-order valence-electron chi connectivity index (χ3n) is 4.54. The number of hydrogen-bond donors (Lipinski definition) is 1. The Balaban J connectivity index is 2.03. The molecule has 1 fully saturated rings. The maximum atomic E-state index is 4.33. The van der Waals surface area contributed by atoms with Crippen molar-refractivity contribution in [1.29, 1.82) is 0 Å². The van der Waals surface area contributed by atoms with Crippen LogP contribution in [0.2, 0.25) is 0 Å². The summed E-state index contributed by atoms with van der Waals surface area (Å²) in [5.74, 6) is 0.902. The van der Waals surface area contributed by atoms with Crippen molar-refractivity contribution in [3.05, 3.63) is 24.0 Å². The van der Waals surface area contributed by atoms with Crippen LogP contribution in [-0.4, -0.2) is 24.6 Å². The summed E-state index contributed by atoms with van der Waals surface area (Å²) in [7, 11) is 2.24. The molecule has 1 heterocycles. The third-order valence-corrected chi connectivity index (χ3v) is 4.54. The maximum Gasteiger partial charge on any atom is 0.0598 e. The molecular formula is C17H29N3. The Labute approximate surface area is 123 Å². The number of aromatic nitrogens is 1. The fraction of sp³-hybridized carbons (Fsp3) is 0.706. The van der Waals surface area contributed by atoms with Gasteiger partial charge in [0.1, 0.15) is 0 Å². The van der Waals surface area contributed by atoms with E-state index in [2.05, 4.69) is 42.2 Å². The lowest BCUT2D eigenvalue weighted by Crippen LogP contribution is -2.35. The molecule has 3 nitrogen and oxygen atoms in total. The van der Waals surface area contributed by atoms with E-state index in [1.807, 2.05) is 12.4 Å². The van der Waals surface area contributed by atoms with Gasteiger partial charge in [0, 0.05) is 25.8 Å². The van der Waals surface area contributed by atoms with Crippen LogP contribution >= 0.6 is 0 Å². The molecule has 1 N–H and O–H groups in total. The molecule has 1 aromatic heterocycles. The lowest BCUT2D eigenvalue weighted by Gasteiger charge is -2.35. The van der Waals surface area contributed by atoms with E-state index in [9.17, 15) is 0 Å². The first kappa shape index (κ1) is 15.3. The molecule has 0 radical (unpaired) electrons. The van der Waals surface area contributed by atoms with Gasteiger partial charge in [-0.15, -0.1) is 0 Å². The quantitative estimate of drug-likeness (QED) is 0.804. The fourth-order valence-electron chi connectivity index (χ4n) is 3.11. The summed E-state index contributed by atoms with van der Waals surface area (Å²) < 4.78 is 0. The molecule has 0 spiro atoms. The van der Waals surface area contributed by atoms with E-state index in [0.717, 1.165) is 19.0 Å². The maximum absolute atomic E-state index is 4.33. The SMILES string of the molecule is CCCNCc1ccncc1N(C)C1CCC(C)CC1. The van der Waals surface area contributed by atoms with Crippen molar-refractivity contribution < 1.29 is 0 Å². The van der Waals surface area contributed by atoms with Crippen molar-refractivity contribution in [1.82, 2.24) is 10.3 Å². The minimum absolute atomic E-state index is 0.681. The molecule has 0 unspecified atom stereocenters. The third kappa shape index (κ3) is 3.95. The van der Waals surface area contributed by atoms with Crippen LogP contribution < -0.4 is 10.2 Å². The monoisotopic (exact) mass is 275 g/mol. The molecule has 2 rings (SSSR count). The van der Waals surface area contributed by atoms with Crippen molar-refractivity contribution >= 4 is 5.69 Å². The molecular weight excluding hydrogens is 246 g/mol. The van der Waals surface area contributed by atoms with Gasteiger partial charge in [0.2, 0.25) is 0 Å². The van der Waals surface area contributed by atoms with Crippen molar-refractivity contribution in [2.75, 3.05) is 18.5 Å². The van der Waals surface area contributed by atoms with Gasteiger partial charge in [-0.25, -0.2) is 0 Å². The molecule has 0 aliphatic heterocycles. The summed E-state index contributed by atoms with van der Waals surface area (Å²) in [6.07, 6.45) is 10.5. The Morgan fingerprint density at radius 2 is 2.05 bits per heavy atom. The summed E-state index contributed by atoms with van der Waals surface area (Å²) in [6, 6.07) is 2.83. The van der Waals surface area contributed by atoms with E-state index < -0.39 is 0 Å². The van der Waals surface area contributed by atoms with E-state index >= 15 is 0 Å². The van der Waals surface area contributed by atoms with Gasteiger partial charge in [0.15, 0.2) is 0 Å². The highest BCUT2D eigenvalue weighted by Crippen LogP contribution is 2.30. The van der Waals surface area contributed by atoms with E-state index in [1.165, 1.54) is 43.4 Å². The zero-order chi connectivity index (χ0) is 14.4. The molecule has 1 aromatic rings. The number of nitrogens with zero attached hydrogens (tertiary/aromatic N) is 2. The van der Waals surface area contributed by atoms with Gasteiger partial charge in [0.25, 0.3) is 0 Å². The van der Waals surface area contributed by atoms with E-state index in [-0.39, 0.29) is 0 Å². The molecule has 0 saturated heterocycles. The fourth-order valence-corrected chi connectivity index (χ4v) is 3.11. The first-order valence-electron chi connectivity index (χ1n) is 8.08. The standard InChI is InChI=1S/C17H29N3/c1-4-10-18-12-15-9-11-19-13-17(15)20(3)16-7-5-14(2)6-8-16/h9,11,13-14,16,18H,4-8,10,12H2,1-3H3. The Kier molecular flexibility index (Phi) is 5.84. The summed E-state index contributed by atoms with van der Waals surface area (Å²) in [6.45, 7) is 6.60. The van der Waals surface area contributed by atoms with Gasteiger partial charge in [-0.2, -0.15) is 0 Å².